The molecule has 27 heavy (non-hydrogen) atoms. The summed E-state index contributed by atoms with van der Waals surface area (Å²) in [4.78, 5) is 24.6. The summed E-state index contributed by atoms with van der Waals surface area (Å²) in [5, 5.41) is 5.96. The Labute approximate surface area is 166 Å². The predicted molar refractivity (Wildman–Crippen MR) is 110 cm³/mol. The van der Waals surface area contributed by atoms with E-state index in [2.05, 4.69) is 21.5 Å². The molecule has 1 aromatic carbocycles. The first-order valence-corrected chi connectivity index (χ1v) is 9.38. The van der Waals surface area contributed by atoms with Crippen molar-refractivity contribution in [2.24, 2.45) is 5.92 Å². The average molecular weight is 395 g/mol. The highest BCUT2D eigenvalue weighted by atomic mass is 32.1. The molecule has 0 aliphatic rings. The second kappa shape index (κ2) is 10.7. The van der Waals surface area contributed by atoms with Gasteiger partial charge in [0.1, 0.15) is 12.6 Å². The van der Waals surface area contributed by atoms with Crippen LogP contribution in [0.15, 0.2) is 30.3 Å². The summed E-state index contributed by atoms with van der Waals surface area (Å²) in [6.45, 7) is 9.83. The Bertz CT molecular complexity index is 632. The summed E-state index contributed by atoms with van der Waals surface area (Å²) < 4.78 is 5.21. The number of alkyl carbamates (subject to hydrolysis) is 1. The Morgan fingerprint density at radius 1 is 1.15 bits per heavy atom. The summed E-state index contributed by atoms with van der Waals surface area (Å²) in [7, 11) is 0. The number of amides is 2. The first kappa shape index (κ1) is 22.7. The minimum absolute atomic E-state index is 0.0831. The fraction of sp³-hybridized carbons (Fsp3) is 0.526. The normalized spacial score (nSPS) is 13.1. The van der Waals surface area contributed by atoms with Crippen molar-refractivity contribution in [3.63, 3.8) is 0 Å². The Hall–Kier alpha value is -2.35. The van der Waals surface area contributed by atoms with E-state index in [1.807, 2.05) is 65.0 Å². The van der Waals surface area contributed by atoms with E-state index in [9.17, 15) is 9.59 Å². The molecule has 150 valence electrons. The van der Waals surface area contributed by atoms with Crippen LogP contribution in [0.1, 0.15) is 46.6 Å². The zero-order chi connectivity index (χ0) is 20.4. The van der Waals surface area contributed by atoms with Crippen molar-refractivity contribution in [1.82, 2.24) is 21.5 Å². The van der Waals surface area contributed by atoms with Crippen LogP contribution in [-0.4, -0.2) is 28.7 Å². The fourth-order valence-corrected chi connectivity index (χ4v) is 2.52. The molecule has 0 heterocycles. The Morgan fingerprint density at radius 3 is 2.33 bits per heavy atom. The molecule has 0 spiro atoms. The summed E-state index contributed by atoms with van der Waals surface area (Å²) in [6.07, 6.45) is 0.0663. The Balaban J connectivity index is 2.57. The van der Waals surface area contributed by atoms with Crippen LogP contribution in [0.5, 0.6) is 0 Å². The minimum Gasteiger partial charge on any atom is -0.445 e. The van der Waals surface area contributed by atoms with Gasteiger partial charge < -0.3 is 15.4 Å². The minimum atomic E-state index is -0.747. The van der Waals surface area contributed by atoms with E-state index in [4.69, 9.17) is 17.0 Å². The van der Waals surface area contributed by atoms with E-state index in [-0.39, 0.29) is 24.0 Å². The summed E-state index contributed by atoms with van der Waals surface area (Å²) in [6, 6.07) is 8.60. The lowest BCUT2D eigenvalue weighted by molar-refractivity contribution is -0.124. The van der Waals surface area contributed by atoms with Crippen molar-refractivity contribution in [2.75, 3.05) is 0 Å². The fourth-order valence-electron chi connectivity index (χ4n) is 2.16. The van der Waals surface area contributed by atoms with Crippen LogP contribution in [0.4, 0.5) is 4.79 Å². The molecule has 0 aromatic heterocycles. The summed E-state index contributed by atoms with van der Waals surface area (Å²) in [5.74, 6) is -0.473. The maximum absolute atomic E-state index is 12.5. The van der Waals surface area contributed by atoms with Crippen LogP contribution < -0.4 is 21.5 Å². The number of nitrogens with one attached hydrogen (secondary N) is 4. The molecule has 0 aliphatic carbocycles. The molecule has 0 fully saturated rings. The molecule has 2 atom stereocenters. The van der Waals surface area contributed by atoms with E-state index in [1.54, 1.807) is 0 Å². The van der Waals surface area contributed by atoms with Gasteiger partial charge in [-0.25, -0.2) is 4.79 Å². The summed E-state index contributed by atoms with van der Waals surface area (Å²) >= 11 is 5.14. The number of ether oxygens (including phenoxy) is 1. The maximum Gasteiger partial charge on any atom is 0.408 e. The number of hydrazine groups is 1. The van der Waals surface area contributed by atoms with Gasteiger partial charge in [-0.3, -0.25) is 15.6 Å². The van der Waals surface area contributed by atoms with Gasteiger partial charge in [0, 0.05) is 5.54 Å². The van der Waals surface area contributed by atoms with Crippen LogP contribution >= 0.6 is 12.2 Å². The van der Waals surface area contributed by atoms with Crippen LogP contribution in [0.2, 0.25) is 0 Å². The molecule has 1 rings (SSSR count). The van der Waals surface area contributed by atoms with Gasteiger partial charge in [-0.15, -0.1) is 0 Å². The van der Waals surface area contributed by atoms with Crippen molar-refractivity contribution in [2.45, 2.75) is 59.2 Å². The van der Waals surface area contributed by atoms with Crippen molar-refractivity contribution in [3.8, 4) is 0 Å². The lowest BCUT2D eigenvalue weighted by Gasteiger charge is -2.26. The molecule has 1 aromatic rings. The molecule has 0 aliphatic heterocycles. The van der Waals surface area contributed by atoms with Gasteiger partial charge in [-0.2, -0.15) is 0 Å². The van der Waals surface area contributed by atoms with Crippen LogP contribution in [-0.2, 0) is 16.1 Å². The topological polar surface area (TPSA) is 91.5 Å². The van der Waals surface area contributed by atoms with E-state index < -0.39 is 12.1 Å². The van der Waals surface area contributed by atoms with E-state index >= 15 is 0 Å². The van der Waals surface area contributed by atoms with Gasteiger partial charge in [0.2, 0.25) is 0 Å². The first-order chi connectivity index (χ1) is 12.6. The zero-order valence-corrected chi connectivity index (χ0v) is 17.4. The SMILES string of the molecule is CC[C@H](C)[C@H](NC(=O)OCc1ccccc1)C(=O)NNC(=S)NC(C)(C)C. The number of rotatable bonds is 6. The average Bonchev–Trinajstić information content (AvgIpc) is 2.61. The summed E-state index contributed by atoms with van der Waals surface area (Å²) in [5.41, 5.74) is 5.84. The van der Waals surface area contributed by atoms with Crippen molar-refractivity contribution < 1.29 is 14.3 Å². The highest BCUT2D eigenvalue weighted by molar-refractivity contribution is 7.80. The highest BCUT2D eigenvalue weighted by Crippen LogP contribution is 2.09. The number of hydrogen-bond acceptors (Lipinski definition) is 4. The van der Waals surface area contributed by atoms with Crippen molar-refractivity contribution >= 4 is 29.3 Å². The van der Waals surface area contributed by atoms with Gasteiger partial charge >= 0.3 is 6.09 Å². The van der Waals surface area contributed by atoms with Crippen LogP contribution in [0, 0.1) is 5.92 Å². The Morgan fingerprint density at radius 2 is 1.78 bits per heavy atom. The molecule has 0 bridgehead atoms. The van der Waals surface area contributed by atoms with Gasteiger partial charge in [0.25, 0.3) is 5.91 Å². The molecule has 7 nitrogen and oxygen atoms in total. The van der Waals surface area contributed by atoms with Gasteiger partial charge in [0.05, 0.1) is 0 Å². The predicted octanol–water partition coefficient (Wildman–Crippen LogP) is 2.62. The van der Waals surface area contributed by atoms with Crippen LogP contribution in [0.25, 0.3) is 0 Å². The molecular formula is C19H30N4O3S. The van der Waals surface area contributed by atoms with E-state index in [0.29, 0.717) is 11.5 Å². The second-order valence-corrected chi connectivity index (χ2v) is 7.80. The lowest BCUT2D eigenvalue weighted by atomic mass is 9.99. The monoisotopic (exact) mass is 394 g/mol. The molecule has 0 saturated carbocycles. The number of carbonyl (C=O) groups is 2. The van der Waals surface area contributed by atoms with Gasteiger partial charge in [-0.1, -0.05) is 50.6 Å². The van der Waals surface area contributed by atoms with Crippen molar-refractivity contribution in [3.05, 3.63) is 35.9 Å². The van der Waals surface area contributed by atoms with Gasteiger partial charge in [0.15, 0.2) is 5.11 Å². The van der Waals surface area contributed by atoms with Crippen molar-refractivity contribution in [1.29, 1.82) is 0 Å². The largest absolute Gasteiger partial charge is 0.445 e. The molecule has 0 unspecified atom stereocenters. The zero-order valence-electron chi connectivity index (χ0n) is 16.6. The number of benzene rings is 1. The molecule has 8 heteroatoms. The first-order valence-electron chi connectivity index (χ1n) is 8.97. The quantitative estimate of drug-likeness (QED) is 0.438. The third kappa shape index (κ3) is 9.23. The number of hydrogen-bond donors (Lipinski definition) is 4. The maximum atomic E-state index is 12.5. The van der Waals surface area contributed by atoms with E-state index in [1.165, 1.54) is 0 Å². The third-order valence-corrected chi connectivity index (χ3v) is 3.97. The van der Waals surface area contributed by atoms with Crippen LogP contribution in [0.3, 0.4) is 0 Å². The third-order valence-electron chi connectivity index (χ3n) is 3.77. The van der Waals surface area contributed by atoms with E-state index in [0.717, 1.165) is 5.56 Å². The second-order valence-electron chi connectivity index (χ2n) is 7.39. The number of thiocarbonyl (C=S) groups is 1. The lowest BCUT2D eigenvalue weighted by Crippen LogP contribution is -2.57. The molecule has 0 radical (unpaired) electrons. The molecular weight excluding hydrogens is 364 g/mol. The highest BCUT2D eigenvalue weighted by Gasteiger charge is 2.27. The number of carbonyl (C=O) groups excluding carboxylic acids is 2. The Kier molecular flexibility index (Phi) is 9.00. The molecule has 4 N–H and O–H groups in total. The molecule has 0 saturated heterocycles. The standard InChI is InChI=1S/C19H30N4O3S/c1-6-13(2)15(16(24)22-23-17(27)21-19(3,4)5)20-18(25)26-12-14-10-8-7-9-11-14/h7-11,13,15H,6,12H2,1-5H3,(H,20,25)(H,22,24)(H2,21,23,27)/t13-,15-/m0/s1. The smallest absolute Gasteiger partial charge is 0.408 e. The van der Waals surface area contributed by atoms with Gasteiger partial charge in [-0.05, 0) is 44.5 Å². The molecule has 2 amide bonds.